The van der Waals surface area contributed by atoms with Gasteiger partial charge in [-0.3, -0.25) is 13.9 Å². The van der Waals surface area contributed by atoms with Crippen LogP contribution in [-0.4, -0.2) is 38.2 Å². The lowest BCUT2D eigenvalue weighted by atomic mass is 10.1. The molecular formula is C29H36N6O. The van der Waals surface area contributed by atoms with Gasteiger partial charge in [0.2, 0.25) is 5.95 Å². The third-order valence-electron chi connectivity index (χ3n) is 6.88. The Morgan fingerprint density at radius 1 is 0.944 bits per heavy atom. The molecule has 0 aliphatic carbocycles. The number of hydrogen-bond acceptors (Lipinski definition) is 5. The van der Waals surface area contributed by atoms with Crippen molar-refractivity contribution in [1.29, 1.82) is 0 Å². The summed E-state index contributed by atoms with van der Waals surface area (Å²) in [5, 5.41) is 0. The molecule has 1 atom stereocenters. The number of aromatic nitrogens is 4. The van der Waals surface area contributed by atoms with E-state index in [9.17, 15) is 4.79 Å². The van der Waals surface area contributed by atoms with E-state index in [0.29, 0.717) is 36.6 Å². The van der Waals surface area contributed by atoms with Gasteiger partial charge in [-0.15, -0.1) is 0 Å². The minimum Gasteiger partial charge on any atom is -0.341 e. The third kappa shape index (κ3) is 5.21. The molecule has 36 heavy (non-hydrogen) atoms. The summed E-state index contributed by atoms with van der Waals surface area (Å²) in [6.07, 6.45) is 3.55. The fourth-order valence-corrected chi connectivity index (χ4v) is 5.14. The predicted octanol–water partition coefficient (Wildman–Crippen LogP) is 4.01. The second kappa shape index (κ2) is 10.7. The number of aryl methyl sites for hydroxylation is 2. The minimum atomic E-state index is -0.00671. The summed E-state index contributed by atoms with van der Waals surface area (Å²) in [7, 11) is 0. The van der Waals surface area contributed by atoms with Gasteiger partial charge in [0.15, 0.2) is 11.2 Å². The van der Waals surface area contributed by atoms with Gasteiger partial charge in [-0.2, -0.15) is 4.98 Å². The van der Waals surface area contributed by atoms with E-state index in [2.05, 4.69) is 47.6 Å². The quantitative estimate of drug-likeness (QED) is 0.409. The molecule has 4 aromatic rings. The van der Waals surface area contributed by atoms with Gasteiger partial charge in [-0.05, 0) is 36.3 Å². The fraction of sp³-hybridized carbons (Fsp3) is 0.414. The van der Waals surface area contributed by atoms with Gasteiger partial charge in [-0.1, -0.05) is 74.5 Å². The largest absolute Gasteiger partial charge is 0.341 e. The monoisotopic (exact) mass is 484 g/mol. The zero-order valence-electron chi connectivity index (χ0n) is 21.3. The van der Waals surface area contributed by atoms with Crippen molar-refractivity contribution in [2.24, 2.45) is 11.7 Å². The van der Waals surface area contributed by atoms with Gasteiger partial charge in [0, 0.05) is 32.1 Å². The molecule has 0 saturated carbocycles. The molecule has 0 radical (unpaired) electrons. The molecule has 1 fully saturated rings. The number of imidazole rings is 1. The number of rotatable bonds is 8. The average Bonchev–Trinajstić information content (AvgIpc) is 3.24. The van der Waals surface area contributed by atoms with Gasteiger partial charge in [0.05, 0.1) is 6.54 Å². The number of piperidine rings is 1. The van der Waals surface area contributed by atoms with Crippen molar-refractivity contribution >= 4 is 17.1 Å². The third-order valence-corrected chi connectivity index (χ3v) is 6.88. The highest BCUT2D eigenvalue weighted by molar-refractivity contribution is 5.74. The van der Waals surface area contributed by atoms with Crippen LogP contribution in [0.3, 0.4) is 0 Å². The van der Waals surface area contributed by atoms with E-state index in [1.807, 2.05) is 41.0 Å². The first-order valence-corrected chi connectivity index (χ1v) is 13.1. The molecule has 2 aromatic heterocycles. The van der Waals surface area contributed by atoms with Crippen LogP contribution in [0, 0.1) is 5.92 Å². The van der Waals surface area contributed by atoms with Crippen molar-refractivity contribution < 1.29 is 0 Å². The Bertz CT molecular complexity index is 1360. The van der Waals surface area contributed by atoms with Crippen LogP contribution in [0.25, 0.3) is 11.2 Å². The maximum absolute atomic E-state index is 14.1. The summed E-state index contributed by atoms with van der Waals surface area (Å²) in [6, 6.07) is 20.7. The van der Waals surface area contributed by atoms with Crippen LogP contribution in [0.1, 0.15) is 43.6 Å². The number of anilines is 1. The minimum absolute atomic E-state index is 0.00671. The lowest BCUT2D eigenvalue weighted by molar-refractivity contribution is 0.487. The molecule has 7 heteroatoms. The van der Waals surface area contributed by atoms with Crippen molar-refractivity contribution in [3.8, 4) is 0 Å². The van der Waals surface area contributed by atoms with Crippen LogP contribution >= 0.6 is 0 Å². The van der Waals surface area contributed by atoms with Crippen LogP contribution in [0.15, 0.2) is 65.5 Å². The molecule has 1 saturated heterocycles. The van der Waals surface area contributed by atoms with E-state index in [1.165, 1.54) is 5.56 Å². The SMILES string of the molecule is CC(C)Cn1c(CCc2ccccc2)nc2nc(N3CCCC(N)C3)n(Cc3ccccc3)c2c1=O. The van der Waals surface area contributed by atoms with Crippen LogP contribution in [0.4, 0.5) is 5.95 Å². The van der Waals surface area contributed by atoms with E-state index >= 15 is 0 Å². The fourth-order valence-electron chi connectivity index (χ4n) is 5.14. The average molecular weight is 485 g/mol. The number of nitrogens with zero attached hydrogens (tertiary/aromatic N) is 5. The van der Waals surface area contributed by atoms with E-state index < -0.39 is 0 Å². The molecule has 0 spiro atoms. The highest BCUT2D eigenvalue weighted by atomic mass is 16.1. The van der Waals surface area contributed by atoms with Crippen LogP contribution in [0.5, 0.6) is 0 Å². The number of hydrogen-bond donors (Lipinski definition) is 1. The first-order chi connectivity index (χ1) is 17.5. The Balaban J connectivity index is 1.63. The molecule has 3 heterocycles. The van der Waals surface area contributed by atoms with Crippen molar-refractivity contribution in [3.05, 3.63) is 88.0 Å². The Morgan fingerprint density at radius 2 is 1.64 bits per heavy atom. The first kappa shape index (κ1) is 24.3. The number of nitrogens with two attached hydrogens (primary N) is 1. The Morgan fingerprint density at radius 3 is 2.31 bits per heavy atom. The molecule has 1 unspecified atom stereocenters. The molecule has 2 N–H and O–H groups in total. The van der Waals surface area contributed by atoms with Crippen molar-refractivity contribution in [2.45, 2.75) is 58.7 Å². The van der Waals surface area contributed by atoms with Crippen LogP contribution < -0.4 is 16.2 Å². The molecule has 0 amide bonds. The lowest BCUT2D eigenvalue weighted by Crippen LogP contribution is -2.44. The lowest BCUT2D eigenvalue weighted by Gasteiger charge is -2.31. The van der Waals surface area contributed by atoms with Crippen LogP contribution in [0.2, 0.25) is 0 Å². The molecule has 5 rings (SSSR count). The summed E-state index contributed by atoms with van der Waals surface area (Å²) >= 11 is 0. The summed E-state index contributed by atoms with van der Waals surface area (Å²) in [5.74, 6) is 1.92. The molecule has 2 aromatic carbocycles. The second-order valence-corrected chi connectivity index (χ2v) is 10.3. The second-order valence-electron chi connectivity index (χ2n) is 10.3. The highest BCUT2D eigenvalue weighted by Crippen LogP contribution is 2.25. The summed E-state index contributed by atoms with van der Waals surface area (Å²) in [5.41, 5.74) is 9.80. The molecule has 0 bridgehead atoms. The van der Waals surface area contributed by atoms with Gasteiger partial charge < -0.3 is 10.6 Å². The summed E-state index contributed by atoms with van der Waals surface area (Å²) < 4.78 is 3.95. The summed E-state index contributed by atoms with van der Waals surface area (Å²) in [6.45, 7) is 7.09. The number of benzene rings is 2. The van der Waals surface area contributed by atoms with Crippen molar-refractivity contribution in [1.82, 2.24) is 19.1 Å². The van der Waals surface area contributed by atoms with Crippen molar-refractivity contribution in [2.75, 3.05) is 18.0 Å². The van der Waals surface area contributed by atoms with Gasteiger partial charge in [0.25, 0.3) is 5.56 Å². The highest BCUT2D eigenvalue weighted by Gasteiger charge is 2.26. The van der Waals surface area contributed by atoms with Crippen LogP contribution in [-0.2, 0) is 25.9 Å². The Kier molecular flexibility index (Phi) is 7.18. The van der Waals surface area contributed by atoms with Gasteiger partial charge in [0.1, 0.15) is 5.82 Å². The molecular weight excluding hydrogens is 448 g/mol. The van der Waals surface area contributed by atoms with E-state index in [0.717, 1.165) is 49.7 Å². The Labute approximate surface area is 212 Å². The molecule has 1 aliphatic heterocycles. The van der Waals surface area contributed by atoms with E-state index in [4.69, 9.17) is 15.7 Å². The number of fused-ring (bicyclic) bond motifs is 1. The Hall–Kier alpha value is -3.45. The van der Waals surface area contributed by atoms with Gasteiger partial charge in [-0.25, -0.2) is 4.98 Å². The van der Waals surface area contributed by atoms with Crippen molar-refractivity contribution in [3.63, 3.8) is 0 Å². The van der Waals surface area contributed by atoms with Gasteiger partial charge >= 0.3 is 0 Å². The zero-order chi connectivity index (χ0) is 25.1. The molecule has 188 valence electrons. The molecule has 1 aliphatic rings. The normalized spacial score (nSPS) is 16.2. The maximum atomic E-state index is 14.1. The summed E-state index contributed by atoms with van der Waals surface area (Å²) in [4.78, 5) is 26.3. The topological polar surface area (TPSA) is 82.0 Å². The van der Waals surface area contributed by atoms with E-state index in [-0.39, 0.29) is 11.6 Å². The smallest absolute Gasteiger partial charge is 0.279 e. The zero-order valence-corrected chi connectivity index (χ0v) is 21.3. The molecule has 7 nitrogen and oxygen atoms in total. The predicted molar refractivity (Wildman–Crippen MR) is 145 cm³/mol. The first-order valence-electron chi connectivity index (χ1n) is 13.1. The van der Waals surface area contributed by atoms with E-state index in [1.54, 1.807) is 0 Å². The standard InChI is InChI=1S/C29H36N6O/c1-21(2)18-34-25(16-15-22-10-5-3-6-11-22)31-27-26(28(34)36)35(19-23-12-7-4-8-13-23)29(32-27)33-17-9-14-24(30)20-33/h3-8,10-13,21,24H,9,14-20,30H2,1-2H3. The maximum Gasteiger partial charge on any atom is 0.279 e.